The van der Waals surface area contributed by atoms with Gasteiger partial charge in [-0.15, -0.1) is 11.3 Å². The van der Waals surface area contributed by atoms with Crippen molar-refractivity contribution in [2.45, 2.75) is 26.2 Å². The predicted molar refractivity (Wildman–Crippen MR) is 283 cm³/mol. The maximum absolute atomic E-state index is 2.51. The van der Waals surface area contributed by atoms with E-state index in [9.17, 15) is 0 Å². The van der Waals surface area contributed by atoms with Gasteiger partial charge in [-0.2, -0.15) is 0 Å². The van der Waals surface area contributed by atoms with Gasteiger partial charge in [0.2, 0.25) is 0 Å². The molecule has 11 aromatic rings. The zero-order chi connectivity index (χ0) is 44.4. The van der Waals surface area contributed by atoms with Crippen LogP contribution in [0.2, 0.25) is 0 Å². The Balaban J connectivity index is 1.07. The second-order valence-electron chi connectivity index (χ2n) is 18.2. The first-order valence-corrected chi connectivity index (χ1v) is 23.7. The van der Waals surface area contributed by atoms with Crippen LogP contribution in [0.3, 0.4) is 0 Å². The van der Waals surface area contributed by atoms with Crippen LogP contribution in [0.4, 0.5) is 17.1 Å². The van der Waals surface area contributed by atoms with Gasteiger partial charge in [-0.3, -0.25) is 0 Å². The molecule has 0 aliphatic heterocycles. The summed E-state index contributed by atoms with van der Waals surface area (Å²) >= 11 is 1.89. The maximum Gasteiger partial charge on any atom is 0.0646 e. The first kappa shape index (κ1) is 39.8. The van der Waals surface area contributed by atoms with Gasteiger partial charge in [-0.1, -0.05) is 201 Å². The zero-order valence-electron chi connectivity index (χ0n) is 37.3. The van der Waals surface area contributed by atoms with Gasteiger partial charge in [0.25, 0.3) is 0 Å². The second kappa shape index (κ2) is 16.0. The summed E-state index contributed by atoms with van der Waals surface area (Å²) in [5.74, 6) is 0. The molecule has 1 nitrogen and oxygen atoms in total. The summed E-state index contributed by atoms with van der Waals surface area (Å²) in [5, 5.41) is 2.52. The van der Waals surface area contributed by atoms with E-state index in [0.717, 1.165) is 11.4 Å². The van der Waals surface area contributed by atoms with E-state index in [4.69, 9.17) is 0 Å². The van der Waals surface area contributed by atoms with Gasteiger partial charge in [-0.05, 0) is 133 Å². The Hall–Kier alpha value is -7.78. The lowest BCUT2D eigenvalue weighted by molar-refractivity contribution is 0.660. The van der Waals surface area contributed by atoms with Gasteiger partial charge in [0.15, 0.2) is 0 Å². The lowest BCUT2D eigenvalue weighted by atomic mass is 9.82. The molecule has 0 atom stereocenters. The molecule has 0 radical (unpaired) electrons. The van der Waals surface area contributed by atoms with Crippen molar-refractivity contribution in [3.63, 3.8) is 0 Å². The highest BCUT2D eigenvalue weighted by atomic mass is 32.1. The molecule has 2 heteroatoms. The Morgan fingerprint density at radius 2 is 0.833 bits per heavy atom. The van der Waals surface area contributed by atoms with Crippen molar-refractivity contribution in [2.24, 2.45) is 0 Å². The highest BCUT2D eigenvalue weighted by Gasteiger charge is 2.36. The second-order valence-corrected chi connectivity index (χ2v) is 19.3. The maximum atomic E-state index is 2.51. The van der Waals surface area contributed by atoms with Gasteiger partial charge in [0, 0.05) is 32.3 Å². The van der Waals surface area contributed by atoms with Crippen LogP contribution in [0.5, 0.6) is 0 Å². The van der Waals surface area contributed by atoms with Crippen LogP contribution in [-0.2, 0) is 5.41 Å². The number of hydrogen-bond acceptors (Lipinski definition) is 2. The molecular weight excluding hydrogens is 815 g/mol. The van der Waals surface area contributed by atoms with Crippen LogP contribution in [0, 0.1) is 6.92 Å². The molecule has 0 bridgehead atoms. The van der Waals surface area contributed by atoms with Gasteiger partial charge < -0.3 is 4.90 Å². The summed E-state index contributed by atoms with van der Waals surface area (Å²) in [6.07, 6.45) is 0. The van der Waals surface area contributed by atoms with Crippen LogP contribution >= 0.6 is 11.3 Å². The number of aryl methyl sites for hydroxylation is 1. The summed E-state index contributed by atoms with van der Waals surface area (Å²) in [6, 6.07) is 85.4. The molecule has 0 amide bonds. The summed E-state index contributed by atoms with van der Waals surface area (Å²) in [4.78, 5) is 2.51. The number of hydrogen-bond donors (Lipinski definition) is 0. The molecule has 1 heterocycles. The van der Waals surface area contributed by atoms with Crippen molar-refractivity contribution in [1.29, 1.82) is 0 Å². The van der Waals surface area contributed by atoms with Crippen molar-refractivity contribution in [1.82, 2.24) is 0 Å². The number of thiophene rings is 1. The molecule has 1 aliphatic carbocycles. The number of nitrogens with zero attached hydrogens (tertiary/aromatic N) is 1. The Kier molecular flexibility index (Phi) is 9.66. The standard InChI is InChI=1S/C64H47NS/c1-42-13-12-18-50(37-42)47-25-27-49(28-26-47)52-39-58-57-38-51(48-23-21-45(22-24-48)43-14-6-4-7-15-43)31-36-62(57)66-63(58)61(40-52)65(53-32-29-46(30-33-53)44-16-8-5-9-17-44)54-34-35-56-55-19-10-11-20-59(55)64(2,3)60(56)41-54/h4-41H,1-3H3. The molecule has 12 rings (SSSR count). The SMILES string of the molecule is Cc1cccc(-c2ccc(-c3cc(N(c4ccc(-c5ccccc5)cc4)c4ccc5c(c4)C(C)(C)c4ccccc4-5)c4sc5ccc(-c6ccc(-c7ccccc7)cc6)cc5c4c3)cc2)c1. The molecule has 314 valence electrons. The molecule has 1 aromatic heterocycles. The normalized spacial score (nSPS) is 12.6. The Bertz CT molecular complexity index is 3580. The lowest BCUT2D eigenvalue weighted by Crippen LogP contribution is -2.16. The summed E-state index contributed by atoms with van der Waals surface area (Å²) in [7, 11) is 0. The molecule has 0 saturated carbocycles. The Morgan fingerprint density at radius 1 is 0.348 bits per heavy atom. The predicted octanol–water partition coefficient (Wildman–Crippen LogP) is 18.5. The van der Waals surface area contributed by atoms with E-state index in [0.29, 0.717) is 0 Å². The molecular formula is C64H47NS. The molecule has 1 aliphatic rings. The van der Waals surface area contributed by atoms with Gasteiger partial charge in [0.05, 0.1) is 10.4 Å². The lowest BCUT2D eigenvalue weighted by Gasteiger charge is -2.29. The molecule has 0 N–H and O–H groups in total. The number of anilines is 3. The zero-order valence-corrected chi connectivity index (χ0v) is 38.1. The quantitative estimate of drug-likeness (QED) is 0.147. The third kappa shape index (κ3) is 6.94. The van der Waals surface area contributed by atoms with Crippen molar-refractivity contribution >= 4 is 48.6 Å². The van der Waals surface area contributed by atoms with Crippen LogP contribution in [-0.4, -0.2) is 0 Å². The molecule has 10 aromatic carbocycles. The van der Waals surface area contributed by atoms with Crippen LogP contribution < -0.4 is 4.90 Å². The van der Waals surface area contributed by atoms with E-state index in [1.165, 1.54) is 109 Å². The first-order valence-electron chi connectivity index (χ1n) is 22.9. The van der Waals surface area contributed by atoms with Gasteiger partial charge in [-0.25, -0.2) is 0 Å². The van der Waals surface area contributed by atoms with E-state index >= 15 is 0 Å². The number of benzene rings is 10. The summed E-state index contributed by atoms with van der Waals surface area (Å²) < 4.78 is 2.53. The van der Waals surface area contributed by atoms with Crippen LogP contribution in [0.1, 0.15) is 30.5 Å². The minimum Gasteiger partial charge on any atom is -0.309 e. The largest absolute Gasteiger partial charge is 0.309 e. The minimum atomic E-state index is -0.145. The number of rotatable bonds is 8. The fourth-order valence-electron chi connectivity index (χ4n) is 10.2. The van der Waals surface area contributed by atoms with Crippen molar-refractivity contribution in [3.8, 4) is 66.8 Å². The van der Waals surface area contributed by atoms with Crippen molar-refractivity contribution in [3.05, 3.63) is 247 Å². The van der Waals surface area contributed by atoms with Gasteiger partial charge >= 0.3 is 0 Å². The van der Waals surface area contributed by atoms with E-state index in [1.54, 1.807) is 0 Å². The summed E-state index contributed by atoms with van der Waals surface area (Å²) in [5.41, 5.74) is 22.0. The van der Waals surface area contributed by atoms with Crippen LogP contribution in [0.25, 0.3) is 86.9 Å². The van der Waals surface area contributed by atoms with Crippen molar-refractivity contribution in [2.75, 3.05) is 4.90 Å². The number of fused-ring (bicyclic) bond motifs is 6. The topological polar surface area (TPSA) is 3.24 Å². The fraction of sp³-hybridized carbons (Fsp3) is 0.0625. The Morgan fingerprint density at radius 3 is 1.48 bits per heavy atom. The van der Waals surface area contributed by atoms with Gasteiger partial charge in [0.1, 0.15) is 0 Å². The molecule has 0 saturated heterocycles. The highest BCUT2D eigenvalue weighted by molar-refractivity contribution is 7.26. The molecule has 0 unspecified atom stereocenters. The van der Waals surface area contributed by atoms with E-state index in [-0.39, 0.29) is 5.41 Å². The smallest absolute Gasteiger partial charge is 0.0646 e. The van der Waals surface area contributed by atoms with Crippen LogP contribution in [0.15, 0.2) is 231 Å². The summed E-state index contributed by atoms with van der Waals surface area (Å²) in [6.45, 7) is 6.91. The third-order valence-corrected chi connectivity index (χ3v) is 15.0. The minimum absolute atomic E-state index is 0.145. The van der Waals surface area contributed by atoms with Crippen molar-refractivity contribution < 1.29 is 0 Å². The van der Waals surface area contributed by atoms with E-state index in [1.807, 2.05) is 11.3 Å². The average Bonchev–Trinajstić information content (AvgIpc) is 3.86. The monoisotopic (exact) mass is 861 g/mol. The molecule has 0 fully saturated rings. The Labute approximate surface area is 391 Å². The third-order valence-electron chi connectivity index (χ3n) is 13.7. The van der Waals surface area contributed by atoms with E-state index in [2.05, 4.69) is 256 Å². The average molecular weight is 862 g/mol. The highest BCUT2D eigenvalue weighted by Crippen LogP contribution is 2.53. The first-order chi connectivity index (χ1) is 32.4. The molecule has 0 spiro atoms. The molecule has 66 heavy (non-hydrogen) atoms. The fourth-order valence-corrected chi connectivity index (χ4v) is 11.4. The van der Waals surface area contributed by atoms with E-state index < -0.39 is 0 Å².